The first kappa shape index (κ1) is 24.8. The summed E-state index contributed by atoms with van der Waals surface area (Å²) in [5.41, 5.74) is 0.674. The largest absolute Gasteiger partial charge is 0.444 e. The van der Waals surface area contributed by atoms with Gasteiger partial charge < -0.3 is 19.7 Å². The maximum Gasteiger partial charge on any atom is 0.410 e. The standard InChI is InChI=1S/C25H42N4O3/c1-18(2)29(16-19-9-12-28(13-10-19)24(30)32-25(3,4)5)21-14-22(15-21)31-17-20-8-7-11-27-23(20)26-6/h7-8,11,18-19,21-22H,9-10,12-17H2,1-6H3,(H,26,27). The Kier molecular flexibility index (Phi) is 8.39. The third-order valence-electron chi connectivity index (χ3n) is 6.54. The van der Waals surface area contributed by atoms with Crippen LogP contribution >= 0.6 is 0 Å². The van der Waals surface area contributed by atoms with Crippen molar-refractivity contribution in [3.05, 3.63) is 23.9 Å². The van der Waals surface area contributed by atoms with Crippen LogP contribution in [-0.4, -0.2) is 71.3 Å². The van der Waals surface area contributed by atoms with Crippen LogP contribution in [0.25, 0.3) is 0 Å². The Bertz CT molecular complexity index is 735. The van der Waals surface area contributed by atoms with Crippen molar-refractivity contribution in [1.29, 1.82) is 0 Å². The predicted molar refractivity (Wildman–Crippen MR) is 128 cm³/mol. The van der Waals surface area contributed by atoms with Gasteiger partial charge in [0.05, 0.1) is 12.7 Å². The highest BCUT2D eigenvalue weighted by Gasteiger charge is 2.37. The number of anilines is 1. The summed E-state index contributed by atoms with van der Waals surface area (Å²) in [4.78, 5) is 21.2. The van der Waals surface area contributed by atoms with Gasteiger partial charge >= 0.3 is 6.09 Å². The zero-order valence-electron chi connectivity index (χ0n) is 20.8. The Labute approximate surface area is 193 Å². The highest BCUT2D eigenvalue weighted by Crippen LogP contribution is 2.33. The first-order chi connectivity index (χ1) is 15.2. The fourth-order valence-electron chi connectivity index (χ4n) is 4.64. The van der Waals surface area contributed by atoms with Crippen LogP contribution in [0.1, 0.15) is 65.9 Å². The van der Waals surface area contributed by atoms with Crippen LogP contribution in [0.2, 0.25) is 0 Å². The van der Waals surface area contributed by atoms with Crippen molar-refractivity contribution in [2.45, 2.75) is 90.7 Å². The molecule has 1 saturated carbocycles. The van der Waals surface area contributed by atoms with Crippen molar-refractivity contribution < 1.29 is 14.3 Å². The Morgan fingerprint density at radius 1 is 1.28 bits per heavy atom. The molecule has 1 amide bonds. The number of likely N-dealkylation sites (tertiary alicyclic amines) is 1. The normalized spacial score (nSPS) is 22.2. The fraction of sp³-hybridized carbons (Fsp3) is 0.760. The third-order valence-corrected chi connectivity index (χ3v) is 6.54. The molecule has 1 aliphatic carbocycles. The van der Waals surface area contributed by atoms with Crippen LogP contribution in [0.5, 0.6) is 0 Å². The first-order valence-electron chi connectivity index (χ1n) is 12.1. The summed E-state index contributed by atoms with van der Waals surface area (Å²) < 4.78 is 11.7. The Balaban J connectivity index is 1.42. The quantitative estimate of drug-likeness (QED) is 0.633. The van der Waals surface area contributed by atoms with E-state index in [-0.39, 0.29) is 6.09 Å². The third kappa shape index (κ3) is 6.82. The predicted octanol–water partition coefficient (Wildman–Crippen LogP) is 4.53. The van der Waals surface area contributed by atoms with E-state index in [9.17, 15) is 4.79 Å². The average molecular weight is 447 g/mol. The molecule has 32 heavy (non-hydrogen) atoms. The second-order valence-corrected chi connectivity index (χ2v) is 10.5. The Morgan fingerprint density at radius 3 is 2.56 bits per heavy atom. The number of nitrogens with zero attached hydrogens (tertiary/aromatic N) is 3. The lowest BCUT2D eigenvalue weighted by molar-refractivity contribution is -0.0707. The molecule has 1 aromatic heterocycles. The maximum absolute atomic E-state index is 12.3. The molecule has 7 heteroatoms. The number of aromatic nitrogens is 1. The van der Waals surface area contributed by atoms with Gasteiger partial charge in [-0.1, -0.05) is 6.07 Å². The molecule has 1 aromatic rings. The fourth-order valence-corrected chi connectivity index (χ4v) is 4.64. The van der Waals surface area contributed by atoms with Gasteiger partial charge in [-0.05, 0) is 72.3 Å². The number of nitrogens with one attached hydrogen (secondary N) is 1. The van der Waals surface area contributed by atoms with Crippen molar-refractivity contribution in [2.75, 3.05) is 32.0 Å². The summed E-state index contributed by atoms with van der Waals surface area (Å²) in [5.74, 6) is 1.52. The van der Waals surface area contributed by atoms with E-state index in [1.54, 1.807) is 6.20 Å². The van der Waals surface area contributed by atoms with E-state index in [4.69, 9.17) is 9.47 Å². The summed E-state index contributed by atoms with van der Waals surface area (Å²) in [6.07, 6.45) is 6.21. The van der Waals surface area contributed by atoms with Gasteiger partial charge in [0.1, 0.15) is 11.4 Å². The van der Waals surface area contributed by atoms with Crippen LogP contribution in [-0.2, 0) is 16.1 Å². The number of carbonyl (C=O) groups excluding carboxylic acids is 1. The first-order valence-corrected chi connectivity index (χ1v) is 12.1. The van der Waals surface area contributed by atoms with Gasteiger partial charge in [0.2, 0.25) is 0 Å². The van der Waals surface area contributed by atoms with Gasteiger partial charge in [0.25, 0.3) is 0 Å². The highest BCUT2D eigenvalue weighted by molar-refractivity contribution is 5.68. The monoisotopic (exact) mass is 446 g/mol. The second-order valence-electron chi connectivity index (χ2n) is 10.5. The molecule has 1 saturated heterocycles. The van der Waals surface area contributed by atoms with Gasteiger partial charge in [-0.15, -0.1) is 0 Å². The highest BCUT2D eigenvalue weighted by atomic mass is 16.6. The number of pyridine rings is 1. The van der Waals surface area contributed by atoms with Gasteiger partial charge in [-0.2, -0.15) is 0 Å². The Hall–Kier alpha value is -1.86. The number of piperidine rings is 1. The molecular formula is C25H42N4O3. The minimum Gasteiger partial charge on any atom is -0.444 e. The maximum atomic E-state index is 12.3. The molecule has 180 valence electrons. The van der Waals surface area contributed by atoms with Gasteiger partial charge in [0, 0.05) is 50.5 Å². The number of carbonyl (C=O) groups is 1. The molecule has 7 nitrogen and oxygen atoms in total. The lowest BCUT2D eigenvalue weighted by Crippen LogP contribution is -2.53. The SMILES string of the molecule is CNc1ncccc1COC1CC(N(CC2CCN(C(=O)OC(C)(C)C)CC2)C(C)C)C1. The van der Waals surface area contributed by atoms with Crippen LogP contribution in [0.4, 0.5) is 10.6 Å². The van der Waals surface area contributed by atoms with Crippen LogP contribution in [0.15, 0.2) is 18.3 Å². The van der Waals surface area contributed by atoms with E-state index in [0.717, 1.165) is 56.7 Å². The number of ether oxygens (including phenoxy) is 2. The van der Waals surface area contributed by atoms with E-state index >= 15 is 0 Å². The molecule has 2 fully saturated rings. The molecule has 2 aliphatic rings. The van der Waals surface area contributed by atoms with Crippen molar-refractivity contribution in [3.63, 3.8) is 0 Å². The summed E-state index contributed by atoms with van der Waals surface area (Å²) in [6.45, 7) is 13.6. The molecular weight excluding hydrogens is 404 g/mol. The van der Waals surface area contributed by atoms with E-state index in [2.05, 4.69) is 35.1 Å². The van der Waals surface area contributed by atoms with Crippen LogP contribution in [0.3, 0.4) is 0 Å². The molecule has 1 N–H and O–H groups in total. The Morgan fingerprint density at radius 2 is 1.97 bits per heavy atom. The van der Waals surface area contributed by atoms with Crippen molar-refractivity contribution in [1.82, 2.24) is 14.8 Å². The van der Waals surface area contributed by atoms with Gasteiger partial charge in [-0.25, -0.2) is 9.78 Å². The van der Waals surface area contributed by atoms with E-state index < -0.39 is 5.60 Å². The number of hydrogen-bond acceptors (Lipinski definition) is 6. The zero-order chi connectivity index (χ0) is 23.3. The summed E-state index contributed by atoms with van der Waals surface area (Å²) in [6, 6.07) is 5.12. The molecule has 0 atom stereocenters. The molecule has 0 aromatic carbocycles. The topological polar surface area (TPSA) is 66.9 Å². The molecule has 2 heterocycles. The van der Waals surface area contributed by atoms with E-state index in [1.807, 2.05) is 38.8 Å². The molecule has 0 radical (unpaired) electrons. The molecule has 1 aliphatic heterocycles. The number of rotatable bonds is 8. The summed E-state index contributed by atoms with van der Waals surface area (Å²) in [7, 11) is 1.89. The number of amides is 1. The molecule has 0 unspecified atom stereocenters. The summed E-state index contributed by atoms with van der Waals surface area (Å²) in [5, 5.41) is 3.13. The van der Waals surface area contributed by atoms with E-state index in [1.165, 1.54) is 0 Å². The average Bonchev–Trinajstić information content (AvgIpc) is 2.71. The van der Waals surface area contributed by atoms with Crippen molar-refractivity contribution in [2.24, 2.45) is 5.92 Å². The lowest BCUT2D eigenvalue weighted by atomic mass is 9.85. The zero-order valence-corrected chi connectivity index (χ0v) is 20.8. The van der Waals surface area contributed by atoms with Crippen molar-refractivity contribution in [3.8, 4) is 0 Å². The molecule has 3 rings (SSSR count). The van der Waals surface area contributed by atoms with Gasteiger partial charge in [0.15, 0.2) is 0 Å². The van der Waals surface area contributed by atoms with Crippen LogP contribution < -0.4 is 5.32 Å². The molecule has 0 spiro atoms. The van der Waals surface area contributed by atoms with Crippen molar-refractivity contribution >= 4 is 11.9 Å². The van der Waals surface area contributed by atoms with Crippen LogP contribution in [0, 0.1) is 5.92 Å². The lowest BCUT2D eigenvalue weighted by Gasteiger charge is -2.46. The summed E-state index contributed by atoms with van der Waals surface area (Å²) >= 11 is 0. The minimum absolute atomic E-state index is 0.175. The molecule has 0 bridgehead atoms. The van der Waals surface area contributed by atoms with E-state index in [0.29, 0.717) is 30.7 Å². The number of hydrogen-bond donors (Lipinski definition) is 1. The smallest absolute Gasteiger partial charge is 0.410 e. The van der Waals surface area contributed by atoms with Gasteiger partial charge in [-0.3, -0.25) is 4.90 Å². The minimum atomic E-state index is -0.434. The second kappa shape index (κ2) is 10.8.